The average Bonchev–Trinajstić information content (AvgIpc) is 2.46. The minimum absolute atomic E-state index is 0.0306. The van der Waals surface area contributed by atoms with Crippen molar-refractivity contribution in [2.75, 3.05) is 26.2 Å². The Morgan fingerprint density at radius 2 is 2.30 bits per heavy atom. The number of morpholine rings is 1. The van der Waals surface area contributed by atoms with Gasteiger partial charge in [-0.2, -0.15) is 0 Å². The molecule has 0 radical (unpaired) electrons. The summed E-state index contributed by atoms with van der Waals surface area (Å²) < 4.78 is 5.85. The lowest BCUT2D eigenvalue weighted by Gasteiger charge is -2.36. The molecule has 0 amide bonds. The third-order valence-corrected chi connectivity index (χ3v) is 4.33. The van der Waals surface area contributed by atoms with Crippen LogP contribution in [0.5, 0.6) is 0 Å². The van der Waals surface area contributed by atoms with Crippen molar-refractivity contribution >= 4 is 23.2 Å². The highest BCUT2D eigenvalue weighted by Gasteiger charge is 2.27. The molecule has 3 N–H and O–H groups in total. The van der Waals surface area contributed by atoms with Gasteiger partial charge in [-0.3, -0.25) is 16.2 Å². The van der Waals surface area contributed by atoms with Gasteiger partial charge >= 0.3 is 0 Å². The predicted molar refractivity (Wildman–Crippen MR) is 83.1 cm³/mol. The van der Waals surface area contributed by atoms with Crippen molar-refractivity contribution in [2.24, 2.45) is 5.84 Å². The molecule has 1 aromatic carbocycles. The lowest BCUT2D eigenvalue weighted by molar-refractivity contribution is -0.0447. The molecule has 112 valence electrons. The summed E-state index contributed by atoms with van der Waals surface area (Å²) in [4.78, 5) is 2.36. The number of rotatable bonds is 5. The molecule has 4 nitrogen and oxygen atoms in total. The number of benzene rings is 1. The highest BCUT2D eigenvalue weighted by atomic mass is 35.5. The predicted octanol–water partition coefficient (Wildman–Crippen LogP) is 2.09. The van der Waals surface area contributed by atoms with Gasteiger partial charge in [0.15, 0.2) is 0 Å². The fraction of sp³-hybridized carbons (Fsp3) is 0.571. The zero-order valence-electron chi connectivity index (χ0n) is 11.6. The standard InChI is InChI=1S/C14H21Cl2N3O/c1-2-19-5-6-20-14(9-19)13(18-17)7-10-3-4-11(15)8-12(10)16/h3-4,8,13-14,18H,2,5-7,9,17H2,1H3. The smallest absolute Gasteiger partial charge is 0.0871 e. The fourth-order valence-electron chi connectivity index (χ4n) is 2.48. The normalized spacial score (nSPS) is 21.9. The molecule has 1 aliphatic rings. The van der Waals surface area contributed by atoms with E-state index in [1.807, 2.05) is 12.1 Å². The molecule has 1 heterocycles. The topological polar surface area (TPSA) is 50.5 Å². The lowest BCUT2D eigenvalue weighted by Crippen LogP contribution is -2.54. The quantitative estimate of drug-likeness (QED) is 0.645. The van der Waals surface area contributed by atoms with Crippen LogP contribution < -0.4 is 11.3 Å². The molecule has 1 aliphatic heterocycles. The number of nitrogens with zero attached hydrogens (tertiary/aromatic N) is 1. The van der Waals surface area contributed by atoms with Gasteiger partial charge < -0.3 is 4.74 Å². The number of ether oxygens (including phenoxy) is 1. The van der Waals surface area contributed by atoms with E-state index in [-0.39, 0.29) is 12.1 Å². The van der Waals surface area contributed by atoms with E-state index in [1.54, 1.807) is 6.07 Å². The zero-order valence-corrected chi connectivity index (χ0v) is 13.1. The number of likely N-dealkylation sites (N-methyl/N-ethyl adjacent to an activating group) is 1. The van der Waals surface area contributed by atoms with Gasteiger partial charge in [0.2, 0.25) is 0 Å². The first-order valence-electron chi connectivity index (χ1n) is 6.88. The minimum Gasteiger partial charge on any atom is -0.374 e. The van der Waals surface area contributed by atoms with Crippen LogP contribution in [0.15, 0.2) is 18.2 Å². The van der Waals surface area contributed by atoms with E-state index >= 15 is 0 Å². The Balaban J connectivity index is 2.04. The number of nitrogens with two attached hydrogens (primary N) is 1. The van der Waals surface area contributed by atoms with Crippen molar-refractivity contribution in [3.63, 3.8) is 0 Å². The van der Waals surface area contributed by atoms with Gasteiger partial charge in [-0.05, 0) is 30.7 Å². The van der Waals surface area contributed by atoms with Crippen LogP contribution in [0, 0.1) is 0 Å². The Hall–Kier alpha value is -0.360. The van der Waals surface area contributed by atoms with Gasteiger partial charge in [0.25, 0.3) is 0 Å². The molecule has 0 aromatic heterocycles. The van der Waals surface area contributed by atoms with Crippen LogP contribution in [0.25, 0.3) is 0 Å². The van der Waals surface area contributed by atoms with E-state index in [1.165, 1.54) is 0 Å². The number of hydrogen-bond donors (Lipinski definition) is 2. The van der Waals surface area contributed by atoms with E-state index < -0.39 is 0 Å². The zero-order chi connectivity index (χ0) is 14.5. The maximum atomic E-state index is 6.22. The summed E-state index contributed by atoms with van der Waals surface area (Å²) >= 11 is 12.1. The number of hydrazine groups is 1. The second-order valence-corrected chi connectivity index (χ2v) is 5.86. The van der Waals surface area contributed by atoms with Crippen molar-refractivity contribution in [1.29, 1.82) is 0 Å². The number of hydrogen-bond acceptors (Lipinski definition) is 4. The highest BCUT2D eigenvalue weighted by molar-refractivity contribution is 6.35. The van der Waals surface area contributed by atoms with Crippen LogP contribution in [0.4, 0.5) is 0 Å². The van der Waals surface area contributed by atoms with Gasteiger partial charge in [-0.15, -0.1) is 0 Å². The Labute approximate surface area is 130 Å². The van der Waals surface area contributed by atoms with E-state index in [9.17, 15) is 0 Å². The Morgan fingerprint density at radius 3 is 2.95 bits per heavy atom. The molecule has 2 rings (SSSR count). The number of halogens is 2. The summed E-state index contributed by atoms with van der Waals surface area (Å²) in [7, 11) is 0. The van der Waals surface area contributed by atoms with Crippen molar-refractivity contribution < 1.29 is 4.74 Å². The van der Waals surface area contributed by atoms with Crippen LogP contribution in [0.3, 0.4) is 0 Å². The van der Waals surface area contributed by atoms with Crippen LogP contribution in [-0.4, -0.2) is 43.3 Å². The molecular weight excluding hydrogens is 297 g/mol. The summed E-state index contributed by atoms with van der Waals surface area (Å²) in [5.41, 5.74) is 3.89. The maximum Gasteiger partial charge on any atom is 0.0871 e. The molecule has 0 bridgehead atoms. The molecule has 6 heteroatoms. The van der Waals surface area contributed by atoms with Crippen LogP contribution in [0.1, 0.15) is 12.5 Å². The van der Waals surface area contributed by atoms with Crippen LogP contribution in [-0.2, 0) is 11.2 Å². The third kappa shape index (κ3) is 4.07. The highest BCUT2D eigenvalue weighted by Crippen LogP contribution is 2.23. The van der Waals surface area contributed by atoms with Gasteiger partial charge in [-0.25, -0.2) is 0 Å². The average molecular weight is 318 g/mol. The Morgan fingerprint density at radius 1 is 1.50 bits per heavy atom. The molecule has 1 fully saturated rings. The first kappa shape index (κ1) is 16.0. The van der Waals surface area contributed by atoms with Crippen molar-refractivity contribution in [1.82, 2.24) is 10.3 Å². The van der Waals surface area contributed by atoms with Crippen molar-refractivity contribution in [2.45, 2.75) is 25.5 Å². The van der Waals surface area contributed by atoms with Gasteiger partial charge in [0.05, 0.1) is 18.8 Å². The summed E-state index contributed by atoms with van der Waals surface area (Å²) in [6.45, 7) is 5.79. The Bertz CT molecular complexity index is 444. The Kier molecular flexibility index (Phi) is 6.08. The first-order valence-corrected chi connectivity index (χ1v) is 7.63. The van der Waals surface area contributed by atoms with E-state index in [0.29, 0.717) is 16.5 Å². The summed E-state index contributed by atoms with van der Waals surface area (Å²) in [5.74, 6) is 5.70. The third-order valence-electron chi connectivity index (χ3n) is 3.74. The summed E-state index contributed by atoms with van der Waals surface area (Å²) in [6.07, 6.45) is 0.787. The summed E-state index contributed by atoms with van der Waals surface area (Å²) in [6, 6.07) is 5.57. The molecule has 20 heavy (non-hydrogen) atoms. The molecular formula is C14H21Cl2N3O. The van der Waals surface area contributed by atoms with Crippen molar-refractivity contribution in [3.8, 4) is 0 Å². The second kappa shape index (κ2) is 7.59. The van der Waals surface area contributed by atoms with E-state index in [2.05, 4.69) is 17.2 Å². The molecule has 1 saturated heterocycles. The fourth-order valence-corrected chi connectivity index (χ4v) is 2.97. The molecule has 0 saturated carbocycles. The largest absolute Gasteiger partial charge is 0.374 e. The molecule has 2 atom stereocenters. The van der Waals surface area contributed by atoms with Gasteiger partial charge in [0.1, 0.15) is 0 Å². The molecule has 0 aliphatic carbocycles. The van der Waals surface area contributed by atoms with E-state index in [0.717, 1.165) is 31.8 Å². The van der Waals surface area contributed by atoms with Gasteiger partial charge in [0, 0.05) is 23.1 Å². The van der Waals surface area contributed by atoms with Crippen LogP contribution in [0.2, 0.25) is 10.0 Å². The van der Waals surface area contributed by atoms with Crippen LogP contribution >= 0.6 is 23.2 Å². The molecule has 1 aromatic rings. The first-order chi connectivity index (χ1) is 9.63. The lowest BCUT2D eigenvalue weighted by atomic mass is 10.0. The molecule has 2 unspecified atom stereocenters. The molecule has 0 spiro atoms. The van der Waals surface area contributed by atoms with Gasteiger partial charge in [-0.1, -0.05) is 36.2 Å². The maximum absolute atomic E-state index is 6.22. The second-order valence-electron chi connectivity index (χ2n) is 5.02. The monoisotopic (exact) mass is 317 g/mol. The summed E-state index contributed by atoms with van der Waals surface area (Å²) in [5, 5.41) is 1.31. The van der Waals surface area contributed by atoms with Crippen molar-refractivity contribution in [3.05, 3.63) is 33.8 Å². The SMILES string of the molecule is CCN1CCOC(C(Cc2ccc(Cl)cc2Cl)NN)C1. The minimum atomic E-state index is 0.0306. The number of nitrogens with one attached hydrogen (secondary N) is 1. The van der Waals surface area contributed by atoms with E-state index in [4.69, 9.17) is 33.8 Å².